The number of nitrogens with one attached hydrogen (secondary N) is 1. The van der Waals surface area contributed by atoms with Crippen LogP contribution in [0.4, 0.5) is 10.3 Å². The maximum Gasteiger partial charge on any atom is 0.255 e. The third-order valence-electron chi connectivity index (χ3n) is 3.52. The smallest absolute Gasteiger partial charge is 0.255 e. The molecular weight excluding hydrogens is 277 g/mol. The quantitative estimate of drug-likeness (QED) is 0.781. The van der Waals surface area contributed by atoms with E-state index in [0.29, 0.717) is 19.0 Å². The number of nitrogens with two attached hydrogens (primary N) is 1. The highest BCUT2D eigenvalue weighted by Gasteiger charge is 2.23. The van der Waals surface area contributed by atoms with Gasteiger partial charge in [0, 0.05) is 19.6 Å². The van der Waals surface area contributed by atoms with Crippen molar-refractivity contribution in [3.63, 3.8) is 0 Å². The molecular formula is C13H20FN5O2. The average molecular weight is 297 g/mol. The van der Waals surface area contributed by atoms with Gasteiger partial charge in [0.2, 0.25) is 17.7 Å². The Kier molecular flexibility index (Phi) is 5.26. The van der Waals surface area contributed by atoms with Crippen LogP contribution in [0.25, 0.3) is 0 Å². The molecule has 21 heavy (non-hydrogen) atoms. The third kappa shape index (κ3) is 4.25. The summed E-state index contributed by atoms with van der Waals surface area (Å²) in [6.45, 7) is 2.97. The fourth-order valence-corrected chi connectivity index (χ4v) is 2.40. The number of primary amides is 1. The number of anilines is 1. The molecule has 1 aliphatic rings. The lowest BCUT2D eigenvalue weighted by atomic mass is 9.97. The number of amides is 1. The third-order valence-corrected chi connectivity index (χ3v) is 3.52. The predicted octanol–water partition coefficient (Wildman–Crippen LogP) is 0.233. The number of hydrogen-bond acceptors (Lipinski definition) is 6. The van der Waals surface area contributed by atoms with Gasteiger partial charge in [-0.1, -0.05) is 0 Å². The van der Waals surface area contributed by atoms with Crippen molar-refractivity contribution in [3.05, 3.63) is 12.0 Å². The normalized spacial score (nSPS) is 19.2. The van der Waals surface area contributed by atoms with Gasteiger partial charge >= 0.3 is 0 Å². The molecule has 1 unspecified atom stereocenters. The highest BCUT2D eigenvalue weighted by atomic mass is 19.1. The van der Waals surface area contributed by atoms with Gasteiger partial charge in [-0.05, 0) is 19.4 Å². The number of aromatic nitrogens is 2. The van der Waals surface area contributed by atoms with Gasteiger partial charge < -0.3 is 20.7 Å². The number of hydrogen-bond donors (Lipinski definition) is 2. The van der Waals surface area contributed by atoms with Crippen LogP contribution in [-0.2, 0) is 4.79 Å². The summed E-state index contributed by atoms with van der Waals surface area (Å²) in [7, 11) is 1.35. The summed E-state index contributed by atoms with van der Waals surface area (Å²) >= 11 is 0. The van der Waals surface area contributed by atoms with E-state index in [2.05, 4.69) is 20.2 Å². The van der Waals surface area contributed by atoms with Crippen molar-refractivity contribution in [1.82, 2.24) is 14.9 Å². The van der Waals surface area contributed by atoms with Crippen molar-refractivity contribution in [3.8, 4) is 5.88 Å². The standard InChI is InChI=1S/C13H20FN5O2/c1-21-12-10(14)7-17-13(18-12)16-4-6-19-5-2-3-9(8-19)11(15)20/h7,9H,2-6,8H2,1H3,(H2,15,20)(H,16,17,18). The first-order chi connectivity index (χ1) is 10.1. The Hall–Kier alpha value is -1.96. The van der Waals surface area contributed by atoms with E-state index in [9.17, 15) is 9.18 Å². The minimum atomic E-state index is -0.594. The largest absolute Gasteiger partial charge is 0.479 e. The molecule has 0 radical (unpaired) electrons. The fraction of sp³-hybridized carbons (Fsp3) is 0.615. The van der Waals surface area contributed by atoms with E-state index in [0.717, 1.165) is 32.1 Å². The van der Waals surface area contributed by atoms with E-state index in [1.165, 1.54) is 7.11 Å². The Morgan fingerprint density at radius 2 is 2.48 bits per heavy atom. The molecule has 116 valence electrons. The van der Waals surface area contributed by atoms with E-state index in [1.807, 2.05) is 0 Å². The van der Waals surface area contributed by atoms with Crippen LogP contribution in [-0.4, -0.2) is 54.1 Å². The van der Waals surface area contributed by atoms with Gasteiger partial charge in [-0.2, -0.15) is 9.37 Å². The first-order valence-corrected chi connectivity index (χ1v) is 6.92. The highest BCUT2D eigenvalue weighted by Crippen LogP contribution is 2.16. The molecule has 1 aromatic heterocycles. The second kappa shape index (κ2) is 7.16. The molecule has 3 N–H and O–H groups in total. The number of methoxy groups -OCH3 is 1. The van der Waals surface area contributed by atoms with E-state index < -0.39 is 5.82 Å². The van der Waals surface area contributed by atoms with Crippen molar-refractivity contribution in [2.45, 2.75) is 12.8 Å². The Balaban J connectivity index is 1.80. The number of nitrogens with zero attached hydrogens (tertiary/aromatic N) is 3. The van der Waals surface area contributed by atoms with Crippen LogP contribution in [0.5, 0.6) is 5.88 Å². The van der Waals surface area contributed by atoms with Crippen LogP contribution in [0.3, 0.4) is 0 Å². The molecule has 2 heterocycles. The Bertz CT molecular complexity index is 499. The van der Waals surface area contributed by atoms with E-state index in [4.69, 9.17) is 10.5 Å². The molecule has 1 amide bonds. The molecule has 0 spiro atoms. The fourth-order valence-electron chi connectivity index (χ4n) is 2.40. The van der Waals surface area contributed by atoms with Crippen molar-refractivity contribution < 1.29 is 13.9 Å². The Morgan fingerprint density at radius 3 is 3.19 bits per heavy atom. The summed E-state index contributed by atoms with van der Waals surface area (Å²) in [5, 5.41) is 3.01. The van der Waals surface area contributed by atoms with Crippen molar-refractivity contribution in [2.24, 2.45) is 11.7 Å². The molecule has 0 saturated carbocycles. The summed E-state index contributed by atoms with van der Waals surface area (Å²) in [6.07, 6.45) is 2.89. The number of likely N-dealkylation sites (tertiary alicyclic amines) is 1. The maximum absolute atomic E-state index is 13.2. The van der Waals surface area contributed by atoms with Crippen LogP contribution in [0, 0.1) is 11.7 Å². The zero-order chi connectivity index (χ0) is 15.2. The second-order valence-electron chi connectivity index (χ2n) is 5.02. The summed E-state index contributed by atoms with van der Waals surface area (Å²) < 4.78 is 18.0. The summed E-state index contributed by atoms with van der Waals surface area (Å²) in [6, 6.07) is 0. The van der Waals surface area contributed by atoms with Crippen LogP contribution in [0.15, 0.2) is 6.20 Å². The summed E-state index contributed by atoms with van der Waals surface area (Å²) in [5.41, 5.74) is 5.34. The molecule has 1 aromatic rings. The zero-order valence-electron chi connectivity index (χ0n) is 12.0. The maximum atomic E-state index is 13.2. The highest BCUT2D eigenvalue weighted by molar-refractivity contribution is 5.76. The molecule has 7 nitrogen and oxygen atoms in total. The lowest BCUT2D eigenvalue weighted by molar-refractivity contribution is -0.123. The van der Waals surface area contributed by atoms with Gasteiger partial charge in [0.1, 0.15) is 0 Å². The van der Waals surface area contributed by atoms with Crippen LogP contribution >= 0.6 is 0 Å². The second-order valence-corrected chi connectivity index (χ2v) is 5.02. The van der Waals surface area contributed by atoms with Crippen molar-refractivity contribution in [2.75, 3.05) is 38.6 Å². The zero-order valence-corrected chi connectivity index (χ0v) is 12.0. The van der Waals surface area contributed by atoms with E-state index in [-0.39, 0.29) is 17.7 Å². The predicted molar refractivity (Wildman–Crippen MR) is 75.4 cm³/mol. The molecule has 0 aromatic carbocycles. The molecule has 1 aliphatic heterocycles. The van der Waals surface area contributed by atoms with Crippen molar-refractivity contribution >= 4 is 11.9 Å². The number of piperidine rings is 1. The van der Waals surface area contributed by atoms with E-state index in [1.54, 1.807) is 0 Å². The van der Waals surface area contributed by atoms with E-state index >= 15 is 0 Å². The number of carbonyl (C=O) groups excluding carboxylic acids is 1. The number of halogens is 1. The molecule has 1 saturated heterocycles. The minimum Gasteiger partial charge on any atom is -0.479 e. The van der Waals surface area contributed by atoms with Crippen LogP contribution in [0.2, 0.25) is 0 Å². The lowest BCUT2D eigenvalue weighted by Crippen LogP contribution is -2.42. The average Bonchev–Trinajstić information content (AvgIpc) is 2.49. The molecule has 2 rings (SSSR count). The first kappa shape index (κ1) is 15.4. The van der Waals surface area contributed by atoms with Gasteiger partial charge in [0.15, 0.2) is 0 Å². The molecule has 1 atom stereocenters. The molecule has 8 heteroatoms. The summed E-state index contributed by atoms with van der Waals surface area (Å²) in [4.78, 5) is 21.1. The summed E-state index contributed by atoms with van der Waals surface area (Å²) in [5.74, 6) is -0.667. The lowest BCUT2D eigenvalue weighted by Gasteiger charge is -2.31. The van der Waals surface area contributed by atoms with Crippen LogP contribution < -0.4 is 15.8 Å². The van der Waals surface area contributed by atoms with Gasteiger partial charge in [-0.15, -0.1) is 0 Å². The molecule has 0 bridgehead atoms. The van der Waals surface area contributed by atoms with Crippen molar-refractivity contribution in [1.29, 1.82) is 0 Å². The molecule has 1 fully saturated rings. The van der Waals surface area contributed by atoms with Crippen LogP contribution in [0.1, 0.15) is 12.8 Å². The van der Waals surface area contributed by atoms with Gasteiger partial charge in [-0.3, -0.25) is 4.79 Å². The Morgan fingerprint density at radius 1 is 1.67 bits per heavy atom. The topological polar surface area (TPSA) is 93.4 Å². The number of rotatable bonds is 6. The van der Waals surface area contributed by atoms with Gasteiger partial charge in [0.25, 0.3) is 5.88 Å². The first-order valence-electron chi connectivity index (χ1n) is 6.92. The Labute approximate surface area is 122 Å². The van der Waals surface area contributed by atoms with Gasteiger partial charge in [-0.25, -0.2) is 4.98 Å². The SMILES string of the molecule is COc1nc(NCCN2CCCC(C(N)=O)C2)ncc1F. The molecule has 0 aliphatic carbocycles. The number of ether oxygens (including phenoxy) is 1. The minimum absolute atomic E-state index is 0.0686. The number of carbonyl (C=O) groups is 1. The van der Waals surface area contributed by atoms with Gasteiger partial charge in [0.05, 0.1) is 19.2 Å². The monoisotopic (exact) mass is 297 g/mol.